The molecule has 98 valence electrons. The lowest BCUT2D eigenvalue weighted by Crippen LogP contribution is -2.49. The highest BCUT2D eigenvalue weighted by Gasteiger charge is 2.24. The number of nitrogens with one attached hydrogen (secondary N) is 1. The van der Waals surface area contributed by atoms with Gasteiger partial charge in [0.05, 0.1) is 0 Å². The zero-order chi connectivity index (χ0) is 12.8. The largest absolute Gasteiger partial charge is 0.480 e. The molecule has 0 aliphatic carbocycles. The summed E-state index contributed by atoms with van der Waals surface area (Å²) in [5.41, 5.74) is 0. The van der Waals surface area contributed by atoms with Gasteiger partial charge in [-0.25, -0.2) is 9.59 Å². The van der Waals surface area contributed by atoms with Crippen LogP contribution in [0.3, 0.4) is 0 Å². The van der Waals surface area contributed by atoms with Crippen LogP contribution >= 0.6 is 0 Å². The first-order chi connectivity index (χ1) is 8.00. The molecular weight excluding hydrogens is 220 g/mol. The highest BCUT2D eigenvalue weighted by atomic mass is 16.4. The molecule has 2 amide bonds. The van der Waals surface area contributed by atoms with Crippen LogP contribution in [0.4, 0.5) is 4.79 Å². The molecule has 1 rings (SSSR count). The summed E-state index contributed by atoms with van der Waals surface area (Å²) in [5.74, 6) is -0.707. The molecular formula is C12H22N2O3. The third-order valence-corrected chi connectivity index (χ3v) is 2.95. The van der Waals surface area contributed by atoms with Crippen LogP contribution in [0, 0.1) is 5.92 Å². The number of rotatable bonds is 4. The third kappa shape index (κ3) is 4.63. The highest BCUT2D eigenvalue weighted by molar-refractivity contribution is 5.82. The lowest BCUT2D eigenvalue weighted by atomic mass is 10.0. The molecule has 5 nitrogen and oxygen atoms in total. The minimum absolute atomic E-state index is 0.238. The summed E-state index contributed by atoms with van der Waals surface area (Å²) in [5, 5.41) is 11.6. The van der Waals surface area contributed by atoms with Gasteiger partial charge in [0.25, 0.3) is 0 Å². The number of carboxylic acids is 1. The average Bonchev–Trinajstić information content (AvgIpc) is 2.28. The van der Waals surface area contributed by atoms with Crippen molar-refractivity contribution in [3.63, 3.8) is 0 Å². The van der Waals surface area contributed by atoms with E-state index in [1.165, 1.54) is 0 Å². The molecule has 0 saturated carbocycles. The summed E-state index contributed by atoms with van der Waals surface area (Å²) in [7, 11) is 0. The van der Waals surface area contributed by atoms with Gasteiger partial charge in [0.15, 0.2) is 0 Å². The van der Waals surface area contributed by atoms with E-state index in [1.807, 2.05) is 13.8 Å². The Morgan fingerprint density at radius 3 is 2.29 bits per heavy atom. The number of nitrogens with zero attached hydrogens (tertiary/aromatic N) is 1. The van der Waals surface area contributed by atoms with E-state index in [4.69, 9.17) is 5.11 Å². The number of piperidine rings is 1. The van der Waals surface area contributed by atoms with Crippen LogP contribution in [0.1, 0.15) is 39.5 Å². The Bertz CT molecular complexity index is 273. The molecule has 1 atom stereocenters. The Kier molecular flexibility index (Phi) is 5.25. The number of urea groups is 1. The number of aliphatic carboxylic acids is 1. The quantitative estimate of drug-likeness (QED) is 0.788. The summed E-state index contributed by atoms with van der Waals surface area (Å²) < 4.78 is 0. The number of carbonyl (C=O) groups excluding carboxylic acids is 1. The minimum Gasteiger partial charge on any atom is -0.480 e. The van der Waals surface area contributed by atoms with Gasteiger partial charge < -0.3 is 15.3 Å². The van der Waals surface area contributed by atoms with Gasteiger partial charge >= 0.3 is 12.0 Å². The fourth-order valence-corrected chi connectivity index (χ4v) is 2.03. The Labute approximate surface area is 102 Å². The van der Waals surface area contributed by atoms with Gasteiger partial charge in [-0.3, -0.25) is 0 Å². The maximum Gasteiger partial charge on any atom is 0.326 e. The van der Waals surface area contributed by atoms with Crippen molar-refractivity contribution < 1.29 is 14.7 Å². The molecule has 1 aliphatic rings. The molecule has 0 bridgehead atoms. The van der Waals surface area contributed by atoms with Crippen LogP contribution in [0.2, 0.25) is 0 Å². The minimum atomic E-state index is -0.955. The van der Waals surface area contributed by atoms with E-state index >= 15 is 0 Å². The second kappa shape index (κ2) is 6.47. The van der Waals surface area contributed by atoms with Crippen molar-refractivity contribution in [1.29, 1.82) is 0 Å². The molecule has 0 spiro atoms. The predicted molar refractivity (Wildman–Crippen MR) is 64.8 cm³/mol. The van der Waals surface area contributed by atoms with Gasteiger partial charge in [-0.1, -0.05) is 13.8 Å². The van der Waals surface area contributed by atoms with E-state index in [9.17, 15) is 9.59 Å². The molecule has 0 aromatic rings. The molecule has 1 heterocycles. The van der Waals surface area contributed by atoms with Gasteiger partial charge in [-0.2, -0.15) is 0 Å². The van der Waals surface area contributed by atoms with Crippen molar-refractivity contribution in [3.05, 3.63) is 0 Å². The van der Waals surface area contributed by atoms with Crippen molar-refractivity contribution in [3.8, 4) is 0 Å². The molecule has 1 fully saturated rings. The van der Waals surface area contributed by atoms with Crippen LogP contribution in [0.25, 0.3) is 0 Å². The van der Waals surface area contributed by atoms with E-state index < -0.39 is 12.0 Å². The number of hydrogen-bond acceptors (Lipinski definition) is 2. The Hall–Kier alpha value is -1.26. The Balaban J connectivity index is 2.47. The number of hydrogen-bond donors (Lipinski definition) is 2. The zero-order valence-corrected chi connectivity index (χ0v) is 10.6. The number of carbonyl (C=O) groups is 2. The van der Waals surface area contributed by atoms with Crippen molar-refractivity contribution in [2.45, 2.75) is 45.6 Å². The first-order valence-electron chi connectivity index (χ1n) is 6.29. The lowest BCUT2D eigenvalue weighted by molar-refractivity contribution is -0.139. The summed E-state index contributed by atoms with van der Waals surface area (Å²) in [6, 6.07) is -1.01. The van der Waals surface area contributed by atoms with Crippen LogP contribution in [0.15, 0.2) is 0 Å². The topological polar surface area (TPSA) is 69.6 Å². The van der Waals surface area contributed by atoms with Crippen LogP contribution in [-0.4, -0.2) is 41.1 Å². The van der Waals surface area contributed by atoms with Crippen molar-refractivity contribution in [2.75, 3.05) is 13.1 Å². The monoisotopic (exact) mass is 242 g/mol. The SMILES string of the molecule is CC(C)CC(NC(=O)N1CCCCC1)C(=O)O. The maximum atomic E-state index is 11.8. The van der Waals surface area contributed by atoms with E-state index in [0.717, 1.165) is 32.4 Å². The number of likely N-dealkylation sites (tertiary alicyclic amines) is 1. The molecule has 17 heavy (non-hydrogen) atoms. The van der Waals surface area contributed by atoms with Crippen molar-refractivity contribution >= 4 is 12.0 Å². The second-order valence-electron chi connectivity index (χ2n) is 5.02. The first-order valence-corrected chi connectivity index (χ1v) is 6.29. The van der Waals surface area contributed by atoms with Crippen LogP contribution in [-0.2, 0) is 4.79 Å². The average molecular weight is 242 g/mol. The third-order valence-electron chi connectivity index (χ3n) is 2.95. The van der Waals surface area contributed by atoms with Gasteiger partial charge in [0.2, 0.25) is 0 Å². The highest BCUT2D eigenvalue weighted by Crippen LogP contribution is 2.10. The summed E-state index contributed by atoms with van der Waals surface area (Å²) in [4.78, 5) is 24.6. The molecule has 0 aromatic heterocycles. The van der Waals surface area contributed by atoms with Gasteiger partial charge in [0, 0.05) is 13.1 Å². The van der Waals surface area contributed by atoms with Crippen LogP contribution in [0.5, 0.6) is 0 Å². The summed E-state index contributed by atoms with van der Waals surface area (Å²) in [6.07, 6.45) is 3.64. The van der Waals surface area contributed by atoms with Gasteiger partial charge in [-0.05, 0) is 31.6 Å². The molecule has 2 N–H and O–H groups in total. The normalized spacial score (nSPS) is 17.9. The number of amides is 2. The maximum absolute atomic E-state index is 11.8. The smallest absolute Gasteiger partial charge is 0.326 e. The van der Waals surface area contributed by atoms with E-state index in [-0.39, 0.29) is 11.9 Å². The Morgan fingerprint density at radius 2 is 1.82 bits per heavy atom. The van der Waals surface area contributed by atoms with E-state index in [1.54, 1.807) is 4.90 Å². The summed E-state index contributed by atoms with van der Waals surface area (Å²) in [6.45, 7) is 5.37. The number of carboxylic acid groups (broad SMARTS) is 1. The van der Waals surface area contributed by atoms with E-state index in [0.29, 0.717) is 6.42 Å². The molecule has 1 unspecified atom stereocenters. The van der Waals surface area contributed by atoms with Crippen LogP contribution < -0.4 is 5.32 Å². The Morgan fingerprint density at radius 1 is 1.24 bits per heavy atom. The molecule has 0 radical (unpaired) electrons. The fraction of sp³-hybridized carbons (Fsp3) is 0.833. The van der Waals surface area contributed by atoms with Gasteiger partial charge in [0.1, 0.15) is 6.04 Å². The standard InChI is InChI=1S/C12H22N2O3/c1-9(2)8-10(11(15)16)13-12(17)14-6-4-3-5-7-14/h9-10H,3-8H2,1-2H3,(H,13,17)(H,15,16). The first kappa shape index (κ1) is 13.8. The molecule has 1 saturated heterocycles. The lowest BCUT2D eigenvalue weighted by Gasteiger charge is -2.28. The summed E-state index contributed by atoms with van der Waals surface area (Å²) >= 11 is 0. The molecule has 1 aliphatic heterocycles. The van der Waals surface area contributed by atoms with E-state index in [2.05, 4.69) is 5.32 Å². The predicted octanol–water partition coefficient (Wildman–Crippen LogP) is 1.68. The second-order valence-corrected chi connectivity index (χ2v) is 5.02. The molecule has 0 aromatic carbocycles. The van der Waals surface area contributed by atoms with Crippen molar-refractivity contribution in [2.24, 2.45) is 5.92 Å². The fourth-order valence-electron chi connectivity index (χ4n) is 2.03. The van der Waals surface area contributed by atoms with Crippen molar-refractivity contribution in [1.82, 2.24) is 10.2 Å². The molecule has 5 heteroatoms. The zero-order valence-electron chi connectivity index (χ0n) is 10.6. The van der Waals surface area contributed by atoms with Gasteiger partial charge in [-0.15, -0.1) is 0 Å².